The van der Waals surface area contributed by atoms with Gasteiger partial charge in [0, 0.05) is 15.7 Å². The van der Waals surface area contributed by atoms with Gasteiger partial charge in [0.15, 0.2) is 0 Å². The van der Waals surface area contributed by atoms with E-state index < -0.39 is 11.8 Å². The molecule has 1 heterocycles. The second-order valence-corrected chi connectivity index (χ2v) is 7.73. The average molecular weight is 437 g/mol. The number of carbonyl (C=O) groups is 2. The average Bonchev–Trinajstić information content (AvgIpc) is 3.00. The Balaban J connectivity index is 1.78. The Bertz CT molecular complexity index is 1140. The van der Waals surface area contributed by atoms with Gasteiger partial charge in [-0.3, -0.25) is 9.59 Å². The van der Waals surface area contributed by atoms with Crippen molar-refractivity contribution in [3.05, 3.63) is 99.7 Å². The van der Waals surface area contributed by atoms with Gasteiger partial charge in [0.1, 0.15) is 5.70 Å². The van der Waals surface area contributed by atoms with E-state index in [0.717, 1.165) is 17.0 Å². The van der Waals surface area contributed by atoms with Gasteiger partial charge in [0.2, 0.25) is 0 Å². The molecule has 0 fully saturated rings. The lowest BCUT2D eigenvalue weighted by Gasteiger charge is -2.15. The number of nitrogens with one attached hydrogen (secondary N) is 1. The highest BCUT2D eigenvalue weighted by Crippen LogP contribution is 2.34. The largest absolute Gasteiger partial charge is 0.350 e. The Labute approximate surface area is 184 Å². The van der Waals surface area contributed by atoms with Crippen LogP contribution in [0, 0.1) is 0 Å². The molecule has 150 valence electrons. The summed E-state index contributed by atoms with van der Waals surface area (Å²) in [7, 11) is 0. The minimum atomic E-state index is -0.424. The van der Waals surface area contributed by atoms with Gasteiger partial charge in [-0.25, -0.2) is 4.90 Å². The van der Waals surface area contributed by atoms with Crippen molar-refractivity contribution in [1.82, 2.24) is 0 Å². The van der Waals surface area contributed by atoms with Crippen LogP contribution in [-0.4, -0.2) is 11.8 Å². The number of hydrogen-bond acceptors (Lipinski definition) is 3. The number of rotatable bonds is 5. The maximum atomic E-state index is 13.3. The van der Waals surface area contributed by atoms with E-state index in [4.69, 9.17) is 23.2 Å². The van der Waals surface area contributed by atoms with Gasteiger partial charge in [0.25, 0.3) is 11.8 Å². The molecule has 0 spiro atoms. The maximum Gasteiger partial charge on any atom is 0.282 e. The second kappa shape index (κ2) is 8.34. The summed E-state index contributed by atoms with van der Waals surface area (Å²) < 4.78 is 0. The van der Waals surface area contributed by atoms with Crippen LogP contribution in [0.5, 0.6) is 0 Å². The van der Waals surface area contributed by atoms with Crippen LogP contribution in [0.15, 0.2) is 78.5 Å². The minimum absolute atomic E-state index is 0.224. The summed E-state index contributed by atoms with van der Waals surface area (Å²) in [5.41, 5.74) is 3.51. The maximum absolute atomic E-state index is 13.3. The van der Waals surface area contributed by atoms with E-state index in [0.29, 0.717) is 26.9 Å². The van der Waals surface area contributed by atoms with Gasteiger partial charge in [-0.05, 0) is 66.1 Å². The molecule has 4 nitrogen and oxygen atoms in total. The third kappa shape index (κ3) is 3.84. The predicted octanol–water partition coefficient (Wildman–Crippen LogP) is 5.95. The molecule has 2 amide bonds. The summed E-state index contributed by atoms with van der Waals surface area (Å²) in [5, 5.41) is 4.23. The fraction of sp³-hybridized carbons (Fsp3) is 0.0833. The van der Waals surface area contributed by atoms with Crippen LogP contribution in [0.3, 0.4) is 0 Å². The number of hydrogen-bond donors (Lipinski definition) is 1. The van der Waals surface area contributed by atoms with E-state index in [9.17, 15) is 9.59 Å². The van der Waals surface area contributed by atoms with E-state index in [2.05, 4.69) is 12.2 Å². The molecule has 0 saturated heterocycles. The first-order valence-electron chi connectivity index (χ1n) is 9.48. The third-order valence-corrected chi connectivity index (χ3v) is 5.44. The molecule has 6 heteroatoms. The fourth-order valence-electron chi connectivity index (χ4n) is 3.32. The Morgan fingerprint density at radius 3 is 1.90 bits per heavy atom. The number of aryl methyl sites for hydroxylation is 1. The number of amides is 2. The fourth-order valence-corrected chi connectivity index (χ4v) is 3.57. The van der Waals surface area contributed by atoms with Gasteiger partial charge < -0.3 is 5.32 Å². The number of anilines is 2. The second-order valence-electron chi connectivity index (χ2n) is 6.85. The molecule has 0 saturated carbocycles. The van der Waals surface area contributed by atoms with Gasteiger partial charge >= 0.3 is 0 Å². The van der Waals surface area contributed by atoms with Crippen molar-refractivity contribution >= 4 is 52.0 Å². The normalized spacial score (nSPS) is 13.9. The number of benzene rings is 3. The van der Waals surface area contributed by atoms with Crippen LogP contribution >= 0.6 is 23.2 Å². The molecule has 3 aromatic carbocycles. The van der Waals surface area contributed by atoms with Gasteiger partial charge in [-0.1, -0.05) is 54.4 Å². The lowest BCUT2D eigenvalue weighted by Crippen LogP contribution is -2.32. The molecule has 1 N–H and O–H groups in total. The summed E-state index contributed by atoms with van der Waals surface area (Å²) >= 11 is 12.0. The molecular formula is C24H18Cl2N2O2. The van der Waals surface area contributed by atoms with Crippen molar-refractivity contribution in [2.24, 2.45) is 0 Å². The minimum Gasteiger partial charge on any atom is -0.350 e. The van der Waals surface area contributed by atoms with Crippen LogP contribution < -0.4 is 10.2 Å². The number of nitrogens with zero attached hydrogens (tertiary/aromatic N) is 1. The summed E-state index contributed by atoms with van der Waals surface area (Å²) in [6, 6.07) is 21.2. The first-order valence-corrected chi connectivity index (χ1v) is 10.2. The van der Waals surface area contributed by atoms with Crippen molar-refractivity contribution in [2.75, 3.05) is 10.2 Å². The van der Waals surface area contributed by atoms with E-state index in [1.165, 1.54) is 5.56 Å². The smallest absolute Gasteiger partial charge is 0.282 e. The Hall–Kier alpha value is -3.08. The van der Waals surface area contributed by atoms with E-state index in [1.54, 1.807) is 48.5 Å². The molecule has 0 unspecified atom stereocenters. The van der Waals surface area contributed by atoms with Crippen molar-refractivity contribution in [3.63, 3.8) is 0 Å². The zero-order valence-electron chi connectivity index (χ0n) is 16.2. The molecule has 3 aromatic rings. The van der Waals surface area contributed by atoms with Crippen molar-refractivity contribution in [2.45, 2.75) is 13.3 Å². The van der Waals surface area contributed by atoms with E-state index in [1.807, 2.05) is 24.3 Å². The van der Waals surface area contributed by atoms with Crippen LogP contribution in [0.4, 0.5) is 11.4 Å². The topological polar surface area (TPSA) is 49.4 Å². The first kappa shape index (κ1) is 20.2. The van der Waals surface area contributed by atoms with Crippen LogP contribution in [-0.2, 0) is 16.0 Å². The Morgan fingerprint density at radius 2 is 1.33 bits per heavy atom. The first-order chi connectivity index (χ1) is 14.5. The zero-order chi connectivity index (χ0) is 21.3. The molecular weight excluding hydrogens is 419 g/mol. The summed E-state index contributed by atoms with van der Waals surface area (Å²) in [5.74, 6) is -0.829. The lowest BCUT2D eigenvalue weighted by atomic mass is 10.0. The van der Waals surface area contributed by atoms with Crippen LogP contribution in [0.2, 0.25) is 10.0 Å². The molecule has 0 aliphatic carbocycles. The lowest BCUT2D eigenvalue weighted by molar-refractivity contribution is -0.120. The third-order valence-electron chi connectivity index (χ3n) is 4.93. The molecule has 0 bridgehead atoms. The van der Waals surface area contributed by atoms with Crippen molar-refractivity contribution < 1.29 is 9.59 Å². The SMILES string of the molecule is CCc1ccc(NC2=C(c3ccc(Cl)cc3)C(=O)N(c3ccc(Cl)cc3)C2=O)cc1. The summed E-state index contributed by atoms with van der Waals surface area (Å²) in [6.07, 6.45) is 0.917. The van der Waals surface area contributed by atoms with Crippen molar-refractivity contribution in [1.29, 1.82) is 0 Å². The quantitative estimate of drug-likeness (QED) is 0.502. The van der Waals surface area contributed by atoms with Gasteiger partial charge in [-0.2, -0.15) is 0 Å². The molecule has 0 aromatic heterocycles. The standard InChI is InChI=1S/C24H18Cl2N2O2/c1-2-15-3-11-19(12-4-15)27-22-21(16-5-7-17(25)8-6-16)23(29)28(24(22)30)20-13-9-18(26)10-14-20/h3-14,27H,2H2,1H3. The Morgan fingerprint density at radius 1 is 0.767 bits per heavy atom. The van der Waals surface area contributed by atoms with Crippen LogP contribution in [0.1, 0.15) is 18.1 Å². The molecule has 4 rings (SSSR count). The van der Waals surface area contributed by atoms with E-state index in [-0.39, 0.29) is 5.70 Å². The van der Waals surface area contributed by atoms with Gasteiger partial charge in [0.05, 0.1) is 11.3 Å². The molecule has 1 aliphatic rings. The highest BCUT2D eigenvalue weighted by atomic mass is 35.5. The molecule has 30 heavy (non-hydrogen) atoms. The number of halogens is 2. The number of imide groups is 1. The number of carbonyl (C=O) groups excluding carboxylic acids is 2. The molecule has 0 radical (unpaired) electrons. The Kier molecular flexibility index (Phi) is 5.62. The zero-order valence-corrected chi connectivity index (χ0v) is 17.7. The monoisotopic (exact) mass is 436 g/mol. The molecule has 0 atom stereocenters. The highest BCUT2D eigenvalue weighted by Gasteiger charge is 2.40. The van der Waals surface area contributed by atoms with Crippen LogP contribution in [0.25, 0.3) is 5.57 Å². The predicted molar refractivity (Wildman–Crippen MR) is 122 cm³/mol. The summed E-state index contributed by atoms with van der Waals surface area (Å²) in [6.45, 7) is 2.08. The molecule has 1 aliphatic heterocycles. The summed E-state index contributed by atoms with van der Waals surface area (Å²) in [4.78, 5) is 27.8. The highest BCUT2D eigenvalue weighted by molar-refractivity contribution is 6.46. The van der Waals surface area contributed by atoms with Gasteiger partial charge in [-0.15, -0.1) is 0 Å². The van der Waals surface area contributed by atoms with Crippen molar-refractivity contribution in [3.8, 4) is 0 Å². The van der Waals surface area contributed by atoms with E-state index >= 15 is 0 Å².